The Hall–Kier alpha value is -5.83. The van der Waals surface area contributed by atoms with Crippen LogP contribution >= 0.6 is 23.2 Å². The van der Waals surface area contributed by atoms with Gasteiger partial charge in [0, 0.05) is 84.4 Å². The first kappa shape index (κ1) is 40.4. The van der Waals surface area contributed by atoms with E-state index in [1.54, 1.807) is 29.9 Å². The van der Waals surface area contributed by atoms with Crippen LogP contribution < -0.4 is 20.9 Å². The standard InChI is InChI=1S/C42H43Cl2N9O5/c1-42(2,3)58-41(56)52(23-29-12-14-36(54)49-29)22-27-11-13-34(50-39(27)57-4)33-10-6-9-32(38(33)44)31-8-5-7-30(37(31)43)26-15-17-53-35(19-26)46-21-28(40(53)55)20-45-16-18-51-24-47-48-25-51/h5-11,13,15,17,19,21,24-25,29,45H,12,14,16,18,20,22-23H2,1-4H3,(H,49,54)/t29-/m0/s1. The van der Waals surface area contributed by atoms with Gasteiger partial charge in [-0.25, -0.2) is 14.8 Å². The Morgan fingerprint density at radius 3 is 2.36 bits per heavy atom. The van der Waals surface area contributed by atoms with Crippen molar-refractivity contribution in [1.82, 2.24) is 44.7 Å². The van der Waals surface area contributed by atoms with Gasteiger partial charge in [0.2, 0.25) is 11.8 Å². The maximum absolute atomic E-state index is 13.3. The number of amides is 2. The van der Waals surface area contributed by atoms with E-state index in [0.717, 1.165) is 11.1 Å². The molecule has 2 amide bonds. The molecule has 0 saturated carbocycles. The van der Waals surface area contributed by atoms with Gasteiger partial charge in [-0.15, -0.1) is 10.2 Å². The van der Waals surface area contributed by atoms with Gasteiger partial charge in [0.25, 0.3) is 5.56 Å². The van der Waals surface area contributed by atoms with Crippen LogP contribution in [0, 0.1) is 0 Å². The predicted octanol–water partition coefficient (Wildman–Crippen LogP) is 6.80. The van der Waals surface area contributed by atoms with Crippen molar-refractivity contribution in [2.24, 2.45) is 0 Å². The monoisotopic (exact) mass is 823 g/mol. The molecule has 4 aromatic heterocycles. The smallest absolute Gasteiger partial charge is 0.410 e. The number of nitrogens with one attached hydrogen (secondary N) is 2. The molecule has 0 radical (unpaired) electrons. The van der Waals surface area contributed by atoms with E-state index in [1.165, 1.54) is 11.5 Å². The van der Waals surface area contributed by atoms with Crippen molar-refractivity contribution in [2.75, 3.05) is 20.2 Å². The zero-order valence-corrected chi connectivity index (χ0v) is 34.0. The van der Waals surface area contributed by atoms with Crippen molar-refractivity contribution in [3.8, 4) is 39.4 Å². The number of halogens is 2. The molecule has 1 aliphatic rings. The van der Waals surface area contributed by atoms with E-state index in [-0.39, 0.29) is 30.6 Å². The molecule has 16 heteroatoms. The first-order valence-electron chi connectivity index (χ1n) is 18.8. The number of ether oxygens (including phenoxy) is 2. The Bertz CT molecular complexity index is 2520. The molecule has 5 heterocycles. The van der Waals surface area contributed by atoms with Crippen LogP contribution in [0.3, 0.4) is 0 Å². The molecule has 58 heavy (non-hydrogen) atoms. The summed E-state index contributed by atoms with van der Waals surface area (Å²) >= 11 is 14.3. The molecule has 0 bridgehead atoms. The molecule has 7 rings (SSSR count). The van der Waals surface area contributed by atoms with Gasteiger partial charge in [0.05, 0.1) is 29.4 Å². The summed E-state index contributed by atoms with van der Waals surface area (Å²) in [5, 5.41) is 14.7. The Kier molecular flexibility index (Phi) is 12.1. The van der Waals surface area contributed by atoms with E-state index >= 15 is 0 Å². The summed E-state index contributed by atoms with van der Waals surface area (Å²) < 4.78 is 14.8. The van der Waals surface area contributed by atoms with Crippen LogP contribution in [-0.4, -0.2) is 77.9 Å². The fraction of sp³-hybridized carbons (Fsp3) is 0.310. The van der Waals surface area contributed by atoms with Crippen LogP contribution in [0.4, 0.5) is 4.79 Å². The second-order valence-electron chi connectivity index (χ2n) is 15.0. The van der Waals surface area contributed by atoms with Gasteiger partial charge in [0.1, 0.15) is 23.9 Å². The Morgan fingerprint density at radius 2 is 1.67 bits per heavy atom. The Labute approximate surface area is 345 Å². The van der Waals surface area contributed by atoms with Crippen molar-refractivity contribution in [2.45, 2.75) is 64.9 Å². The summed E-state index contributed by atoms with van der Waals surface area (Å²) in [5.41, 5.74) is 4.96. The molecule has 1 saturated heterocycles. The van der Waals surface area contributed by atoms with Crippen LogP contribution in [0.15, 0.2) is 90.5 Å². The molecule has 2 N–H and O–H groups in total. The van der Waals surface area contributed by atoms with Crippen molar-refractivity contribution >= 4 is 40.8 Å². The van der Waals surface area contributed by atoms with Crippen LogP contribution in [0.2, 0.25) is 10.0 Å². The van der Waals surface area contributed by atoms with Gasteiger partial charge in [-0.2, -0.15) is 0 Å². The molecule has 1 fully saturated rings. The highest BCUT2D eigenvalue weighted by Gasteiger charge is 2.29. The lowest BCUT2D eigenvalue weighted by atomic mass is 9.97. The van der Waals surface area contributed by atoms with Crippen molar-refractivity contribution < 1.29 is 19.1 Å². The number of hydrogen-bond acceptors (Lipinski definition) is 10. The third-order valence-corrected chi connectivity index (χ3v) is 10.5. The minimum Gasteiger partial charge on any atom is -0.481 e. The SMILES string of the molecule is COc1nc(-c2cccc(-c3cccc(-c4ccn5c(=O)c(CNCCn6cnnc6)cnc5c4)c3Cl)c2Cl)ccc1CN(C[C@@H]1CCC(=O)N1)C(=O)OC(C)(C)C. The van der Waals surface area contributed by atoms with E-state index in [9.17, 15) is 14.4 Å². The highest BCUT2D eigenvalue weighted by atomic mass is 35.5. The van der Waals surface area contributed by atoms with E-state index in [4.69, 9.17) is 37.7 Å². The van der Waals surface area contributed by atoms with E-state index in [2.05, 4.69) is 25.8 Å². The van der Waals surface area contributed by atoms with Gasteiger partial charge < -0.3 is 29.6 Å². The third-order valence-electron chi connectivity index (χ3n) is 9.66. The second-order valence-corrected chi connectivity index (χ2v) is 15.7. The summed E-state index contributed by atoms with van der Waals surface area (Å²) in [6.45, 7) is 7.53. The summed E-state index contributed by atoms with van der Waals surface area (Å²) in [4.78, 5) is 49.5. The minimum atomic E-state index is -0.707. The van der Waals surface area contributed by atoms with Crippen molar-refractivity contribution in [3.05, 3.63) is 117 Å². The number of aromatic nitrogens is 6. The lowest BCUT2D eigenvalue weighted by Gasteiger charge is -2.29. The van der Waals surface area contributed by atoms with E-state index < -0.39 is 11.7 Å². The molecule has 1 atom stereocenters. The van der Waals surface area contributed by atoms with Crippen LogP contribution in [-0.2, 0) is 29.2 Å². The average molecular weight is 825 g/mol. The summed E-state index contributed by atoms with van der Waals surface area (Å²) in [6, 6.07) is 18.5. The molecule has 6 aromatic rings. The van der Waals surface area contributed by atoms with Crippen LogP contribution in [0.5, 0.6) is 5.88 Å². The van der Waals surface area contributed by atoms with Crippen LogP contribution in [0.1, 0.15) is 44.7 Å². The fourth-order valence-corrected chi connectivity index (χ4v) is 7.47. The molecule has 2 aromatic carbocycles. The van der Waals surface area contributed by atoms with Gasteiger partial charge in [-0.3, -0.25) is 14.0 Å². The number of methoxy groups -OCH3 is 1. The predicted molar refractivity (Wildman–Crippen MR) is 222 cm³/mol. The first-order chi connectivity index (χ1) is 27.9. The average Bonchev–Trinajstić information content (AvgIpc) is 3.88. The largest absolute Gasteiger partial charge is 0.481 e. The van der Waals surface area contributed by atoms with Gasteiger partial charge in [-0.1, -0.05) is 59.6 Å². The fourth-order valence-electron chi connectivity index (χ4n) is 6.80. The summed E-state index contributed by atoms with van der Waals surface area (Å²) in [5.74, 6) is 0.280. The molecular formula is C42H43Cl2N9O5. The second kappa shape index (κ2) is 17.3. The van der Waals surface area contributed by atoms with Gasteiger partial charge >= 0.3 is 6.09 Å². The summed E-state index contributed by atoms with van der Waals surface area (Å²) in [6.07, 6.45) is 7.13. The molecular weight excluding hydrogens is 781 g/mol. The maximum Gasteiger partial charge on any atom is 0.410 e. The lowest BCUT2D eigenvalue weighted by Crippen LogP contribution is -2.43. The normalized spacial score (nSPS) is 14.1. The van der Waals surface area contributed by atoms with Crippen LogP contribution in [0.25, 0.3) is 39.2 Å². The molecule has 0 spiro atoms. The van der Waals surface area contributed by atoms with E-state index in [0.29, 0.717) is 87.6 Å². The molecule has 0 aliphatic carbocycles. The lowest BCUT2D eigenvalue weighted by molar-refractivity contribution is -0.119. The molecule has 300 valence electrons. The Morgan fingerprint density at radius 1 is 0.966 bits per heavy atom. The van der Waals surface area contributed by atoms with Crippen molar-refractivity contribution in [1.29, 1.82) is 0 Å². The topological polar surface area (TPSA) is 158 Å². The third kappa shape index (κ3) is 9.14. The molecule has 0 unspecified atom stereocenters. The quantitative estimate of drug-likeness (QED) is 0.119. The number of carbonyl (C=O) groups excluding carboxylic acids is 2. The number of benzene rings is 2. The van der Waals surface area contributed by atoms with Crippen molar-refractivity contribution in [3.63, 3.8) is 0 Å². The number of hydrogen-bond donors (Lipinski definition) is 2. The van der Waals surface area contributed by atoms with E-state index in [1.807, 2.05) is 86.0 Å². The number of rotatable bonds is 13. The number of fused-ring (bicyclic) bond motifs is 1. The molecule has 14 nitrogen and oxygen atoms in total. The maximum atomic E-state index is 13.3. The highest BCUT2D eigenvalue weighted by Crippen LogP contribution is 2.42. The highest BCUT2D eigenvalue weighted by molar-refractivity contribution is 6.39. The molecule has 1 aliphatic heterocycles. The number of nitrogens with zero attached hydrogens (tertiary/aromatic N) is 7. The minimum absolute atomic E-state index is 0.0379. The Balaban J connectivity index is 1.12. The zero-order valence-electron chi connectivity index (χ0n) is 32.5. The van der Waals surface area contributed by atoms with Gasteiger partial charge in [-0.05, 0) is 57.0 Å². The van der Waals surface area contributed by atoms with Gasteiger partial charge in [0.15, 0.2) is 0 Å². The number of pyridine rings is 2. The zero-order chi connectivity index (χ0) is 41.0. The first-order valence-corrected chi connectivity index (χ1v) is 19.6. The number of carbonyl (C=O) groups is 2. The summed E-state index contributed by atoms with van der Waals surface area (Å²) in [7, 11) is 1.52.